The number of fused-ring (bicyclic) bond motifs is 1. The fraction of sp³-hybridized carbons (Fsp3) is 0.182. The molecule has 0 saturated heterocycles. The summed E-state index contributed by atoms with van der Waals surface area (Å²) in [5.74, 6) is 0. The minimum absolute atomic E-state index is 0.0669. The van der Waals surface area contributed by atoms with Gasteiger partial charge in [-0.15, -0.1) is 0 Å². The molecule has 0 spiro atoms. The number of non-ortho nitro benzene ring substituents is 1. The van der Waals surface area contributed by atoms with Crippen LogP contribution >= 0.6 is 0 Å². The Morgan fingerprint density at radius 1 is 1.56 bits per heavy atom. The first-order valence-corrected chi connectivity index (χ1v) is 4.73. The molecule has 0 amide bonds. The lowest BCUT2D eigenvalue weighted by Crippen LogP contribution is -1.89. The summed E-state index contributed by atoms with van der Waals surface area (Å²) < 4.78 is 1.80. The molecule has 80 valence electrons. The van der Waals surface area contributed by atoms with E-state index >= 15 is 0 Å². The molecule has 0 radical (unpaired) electrons. The van der Waals surface area contributed by atoms with Gasteiger partial charge in [-0.1, -0.05) is 0 Å². The van der Waals surface area contributed by atoms with Crippen LogP contribution in [-0.4, -0.2) is 9.49 Å². The predicted molar refractivity (Wildman–Crippen MR) is 58.9 cm³/mol. The SMILES string of the molecule is Cn1cc(CC#N)c2ccc([N+](=O)[O-])cc21. The van der Waals surface area contributed by atoms with Crippen LogP contribution in [0.15, 0.2) is 24.4 Å². The normalized spacial score (nSPS) is 10.2. The topological polar surface area (TPSA) is 71.9 Å². The van der Waals surface area contributed by atoms with E-state index in [1.165, 1.54) is 12.1 Å². The number of nitriles is 1. The Balaban J connectivity index is 2.67. The average Bonchev–Trinajstić information content (AvgIpc) is 2.56. The third-order valence-electron chi connectivity index (χ3n) is 2.54. The Morgan fingerprint density at radius 2 is 2.31 bits per heavy atom. The van der Waals surface area contributed by atoms with E-state index in [0.29, 0.717) is 6.42 Å². The zero-order valence-corrected chi connectivity index (χ0v) is 8.67. The Morgan fingerprint density at radius 3 is 2.94 bits per heavy atom. The minimum Gasteiger partial charge on any atom is -0.350 e. The van der Waals surface area contributed by atoms with Crippen molar-refractivity contribution in [3.05, 3.63) is 40.1 Å². The minimum atomic E-state index is -0.420. The molecule has 1 heterocycles. The fourth-order valence-corrected chi connectivity index (χ4v) is 1.80. The van der Waals surface area contributed by atoms with Crippen molar-refractivity contribution in [2.75, 3.05) is 0 Å². The number of nitro benzene ring substituents is 1. The molecule has 5 nitrogen and oxygen atoms in total. The van der Waals surface area contributed by atoms with Gasteiger partial charge in [0.15, 0.2) is 0 Å². The molecule has 0 fully saturated rings. The Kier molecular flexibility index (Phi) is 2.33. The van der Waals surface area contributed by atoms with E-state index in [1.54, 1.807) is 10.6 Å². The van der Waals surface area contributed by atoms with Crippen LogP contribution in [0.25, 0.3) is 10.9 Å². The fourth-order valence-electron chi connectivity index (χ4n) is 1.80. The molecule has 0 unspecified atom stereocenters. The molecule has 0 aliphatic rings. The first kappa shape index (κ1) is 10.2. The van der Waals surface area contributed by atoms with Crippen molar-refractivity contribution >= 4 is 16.6 Å². The van der Waals surface area contributed by atoms with Crippen LogP contribution in [-0.2, 0) is 13.5 Å². The summed E-state index contributed by atoms with van der Waals surface area (Å²) in [6, 6.07) is 6.76. The summed E-state index contributed by atoms with van der Waals surface area (Å²) in [5.41, 5.74) is 1.74. The van der Waals surface area contributed by atoms with E-state index in [0.717, 1.165) is 16.5 Å². The smallest absolute Gasteiger partial charge is 0.271 e. The molecule has 0 aliphatic heterocycles. The summed E-state index contributed by atoms with van der Waals surface area (Å²) in [6.45, 7) is 0. The number of nitro groups is 1. The number of rotatable bonds is 2. The Bertz CT molecular complexity index is 607. The van der Waals surface area contributed by atoms with E-state index in [-0.39, 0.29) is 5.69 Å². The number of hydrogen-bond acceptors (Lipinski definition) is 3. The predicted octanol–water partition coefficient (Wildman–Crippen LogP) is 2.15. The highest BCUT2D eigenvalue weighted by Gasteiger charge is 2.11. The van der Waals surface area contributed by atoms with Crippen LogP contribution in [0.1, 0.15) is 5.56 Å². The average molecular weight is 215 g/mol. The van der Waals surface area contributed by atoms with Gasteiger partial charge in [0, 0.05) is 30.8 Å². The monoisotopic (exact) mass is 215 g/mol. The molecule has 0 saturated carbocycles. The van der Waals surface area contributed by atoms with Crippen LogP contribution < -0.4 is 0 Å². The largest absolute Gasteiger partial charge is 0.350 e. The third-order valence-corrected chi connectivity index (χ3v) is 2.54. The zero-order chi connectivity index (χ0) is 11.7. The summed E-state index contributed by atoms with van der Waals surface area (Å²) in [6.07, 6.45) is 2.15. The molecular weight excluding hydrogens is 206 g/mol. The lowest BCUT2D eigenvalue weighted by atomic mass is 10.1. The second-order valence-electron chi connectivity index (χ2n) is 3.56. The van der Waals surface area contributed by atoms with Gasteiger partial charge >= 0.3 is 0 Å². The van der Waals surface area contributed by atoms with Crippen molar-refractivity contribution in [1.29, 1.82) is 5.26 Å². The number of hydrogen-bond donors (Lipinski definition) is 0. The van der Waals surface area contributed by atoms with Crippen molar-refractivity contribution in [2.45, 2.75) is 6.42 Å². The van der Waals surface area contributed by atoms with Crippen molar-refractivity contribution < 1.29 is 4.92 Å². The van der Waals surface area contributed by atoms with E-state index in [1.807, 2.05) is 13.2 Å². The Labute approximate surface area is 91.7 Å². The maximum atomic E-state index is 10.6. The first-order valence-electron chi connectivity index (χ1n) is 4.73. The van der Waals surface area contributed by atoms with Crippen LogP contribution in [0, 0.1) is 21.4 Å². The van der Waals surface area contributed by atoms with Gasteiger partial charge in [-0.2, -0.15) is 5.26 Å². The molecule has 16 heavy (non-hydrogen) atoms. The number of aromatic nitrogens is 1. The Hall–Kier alpha value is -2.35. The van der Waals surface area contributed by atoms with Gasteiger partial charge in [0.25, 0.3) is 5.69 Å². The third kappa shape index (κ3) is 1.50. The van der Waals surface area contributed by atoms with Gasteiger partial charge in [-0.25, -0.2) is 0 Å². The second kappa shape index (κ2) is 3.66. The maximum absolute atomic E-state index is 10.6. The van der Waals surface area contributed by atoms with Crippen molar-refractivity contribution in [3.63, 3.8) is 0 Å². The molecule has 0 bridgehead atoms. The van der Waals surface area contributed by atoms with Gasteiger partial charge in [-0.05, 0) is 11.6 Å². The summed E-state index contributed by atoms with van der Waals surface area (Å²) in [4.78, 5) is 10.2. The van der Waals surface area contributed by atoms with Crippen LogP contribution in [0.4, 0.5) is 5.69 Å². The van der Waals surface area contributed by atoms with Crippen LogP contribution in [0.5, 0.6) is 0 Å². The van der Waals surface area contributed by atoms with Gasteiger partial charge in [0.05, 0.1) is 22.9 Å². The first-order chi connectivity index (χ1) is 7.63. The summed E-state index contributed by atoms with van der Waals surface area (Å²) in [7, 11) is 1.81. The quantitative estimate of drug-likeness (QED) is 0.569. The van der Waals surface area contributed by atoms with Crippen molar-refractivity contribution in [3.8, 4) is 6.07 Å². The van der Waals surface area contributed by atoms with Gasteiger partial charge in [-0.3, -0.25) is 10.1 Å². The van der Waals surface area contributed by atoms with Gasteiger partial charge in [0.1, 0.15) is 0 Å². The highest BCUT2D eigenvalue weighted by atomic mass is 16.6. The second-order valence-corrected chi connectivity index (χ2v) is 3.56. The highest BCUT2D eigenvalue weighted by Crippen LogP contribution is 2.25. The van der Waals surface area contributed by atoms with E-state index < -0.39 is 4.92 Å². The van der Waals surface area contributed by atoms with Crippen LogP contribution in [0.2, 0.25) is 0 Å². The van der Waals surface area contributed by atoms with Gasteiger partial charge in [0.2, 0.25) is 0 Å². The van der Waals surface area contributed by atoms with E-state index in [9.17, 15) is 10.1 Å². The maximum Gasteiger partial charge on any atom is 0.271 e. The summed E-state index contributed by atoms with van der Waals surface area (Å²) in [5, 5.41) is 20.2. The molecule has 1 aromatic carbocycles. The zero-order valence-electron chi connectivity index (χ0n) is 8.67. The number of nitrogens with zero attached hydrogens (tertiary/aromatic N) is 3. The summed E-state index contributed by atoms with van der Waals surface area (Å²) >= 11 is 0. The van der Waals surface area contributed by atoms with E-state index in [2.05, 4.69) is 6.07 Å². The lowest BCUT2D eigenvalue weighted by molar-refractivity contribution is -0.384. The van der Waals surface area contributed by atoms with Crippen molar-refractivity contribution in [1.82, 2.24) is 4.57 Å². The molecule has 0 N–H and O–H groups in total. The van der Waals surface area contributed by atoms with Crippen molar-refractivity contribution in [2.24, 2.45) is 7.05 Å². The molecule has 5 heteroatoms. The lowest BCUT2D eigenvalue weighted by Gasteiger charge is -1.96. The molecular formula is C11H9N3O2. The highest BCUT2D eigenvalue weighted by molar-refractivity contribution is 5.86. The number of aryl methyl sites for hydroxylation is 1. The molecule has 0 atom stereocenters. The van der Waals surface area contributed by atoms with Crippen LogP contribution in [0.3, 0.4) is 0 Å². The molecule has 2 rings (SSSR count). The van der Waals surface area contributed by atoms with Gasteiger partial charge < -0.3 is 4.57 Å². The standard InChI is InChI=1S/C11H9N3O2/c1-13-7-8(4-5-12)10-3-2-9(14(15)16)6-11(10)13/h2-3,6-7H,4H2,1H3. The molecule has 1 aromatic heterocycles. The van der Waals surface area contributed by atoms with E-state index in [4.69, 9.17) is 5.26 Å². The molecule has 0 aliphatic carbocycles. The number of benzene rings is 1. The molecule has 2 aromatic rings.